The predicted molar refractivity (Wildman–Crippen MR) is 70.1 cm³/mol. The first-order chi connectivity index (χ1) is 8.31. The SMILES string of the molecule is Cc1ccc(C(CCO)N2CCNCC2)cc1. The largest absolute Gasteiger partial charge is 0.396 e. The lowest BCUT2D eigenvalue weighted by Gasteiger charge is -2.35. The van der Waals surface area contributed by atoms with Crippen molar-refractivity contribution >= 4 is 0 Å². The standard InChI is InChI=1S/C14H22N2O/c1-12-2-4-13(5-3-12)14(6-11-17)16-9-7-15-8-10-16/h2-5,14-15,17H,6-11H2,1H3. The van der Waals surface area contributed by atoms with Crippen LogP contribution in [0.4, 0.5) is 0 Å². The first-order valence-electron chi connectivity index (χ1n) is 6.43. The van der Waals surface area contributed by atoms with Crippen molar-refractivity contribution in [2.24, 2.45) is 0 Å². The second-order valence-corrected chi connectivity index (χ2v) is 4.72. The smallest absolute Gasteiger partial charge is 0.0449 e. The zero-order chi connectivity index (χ0) is 12.1. The molecule has 0 saturated carbocycles. The van der Waals surface area contributed by atoms with Crippen molar-refractivity contribution in [1.29, 1.82) is 0 Å². The highest BCUT2D eigenvalue weighted by Gasteiger charge is 2.21. The van der Waals surface area contributed by atoms with Crippen molar-refractivity contribution in [3.05, 3.63) is 35.4 Å². The van der Waals surface area contributed by atoms with Gasteiger partial charge in [-0.3, -0.25) is 4.90 Å². The molecule has 1 atom stereocenters. The molecular formula is C14H22N2O. The van der Waals surface area contributed by atoms with Gasteiger partial charge in [0.15, 0.2) is 0 Å². The minimum atomic E-state index is 0.252. The van der Waals surface area contributed by atoms with Gasteiger partial charge in [-0.1, -0.05) is 29.8 Å². The molecule has 0 spiro atoms. The molecule has 1 aliphatic heterocycles. The highest BCUT2D eigenvalue weighted by molar-refractivity contribution is 5.24. The molecule has 1 saturated heterocycles. The third-order valence-corrected chi connectivity index (χ3v) is 3.46. The van der Waals surface area contributed by atoms with Crippen LogP contribution in [0, 0.1) is 6.92 Å². The lowest BCUT2D eigenvalue weighted by atomic mass is 10.0. The van der Waals surface area contributed by atoms with Gasteiger partial charge in [0, 0.05) is 38.8 Å². The average molecular weight is 234 g/mol. The fourth-order valence-corrected chi connectivity index (χ4v) is 2.46. The Morgan fingerprint density at radius 3 is 2.47 bits per heavy atom. The summed E-state index contributed by atoms with van der Waals surface area (Å²) < 4.78 is 0. The van der Waals surface area contributed by atoms with Crippen LogP contribution in [0.1, 0.15) is 23.6 Å². The molecule has 0 aliphatic carbocycles. The predicted octanol–water partition coefficient (Wildman–Crippen LogP) is 1.32. The number of nitrogens with one attached hydrogen (secondary N) is 1. The van der Waals surface area contributed by atoms with Crippen molar-refractivity contribution < 1.29 is 5.11 Å². The Balaban J connectivity index is 2.12. The highest BCUT2D eigenvalue weighted by Crippen LogP contribution is 2.24. The van der Waals surface area contributed by atoms with Crippen LogP contribution >= 0.6 is 0 Å². The van der Waals surface area contributed by atoms with Crippen LogP contribution in [0.2, 0.25) is 0 Å². The van der Waals surface area contributed by atoms with E-state index in [0.717, 1.165) is 32.6 Å². The zero-order valence-corrected chi connectivity index (χ0v) is 10.5. The van der Waals surface area contributed by atoms with E-state index in [0.29, 0.717) is 6.04 Å². The number of hydrogen-bond acceptors (Lipinski definition) is 3. The summed E-state index contributed by atoms with van der Waals surface area (Å²) in [6, 6.07) is 9.06. The van der Waals surface area contributed by atoms with Gasteiger partial charge in [0.2, 0.25) is 0 Å². The van der Waals surface area contributed by atoms with Crippen LogP contribution in [-0.2, 0) is 0 Å². The van der Waals surface area contributed by atoms with Gasteiger partial charge in [-0.15, -0.1) is 0 Å². The van der Waals surface area contributed by atoms with Crippen molar-refractivity contribution in [3.63, 3.8) is 0 Å². The summed E-state index contributed by atoms with van der Waals surface area (Å²) in [5, 5.41) is 12.6. The maximum absolute atomic E-state index is 9.24. The molecule has 0 bridgehead atoms. The third-order valence-electron chi connectivity index (χ3n) is 3.46. The lowest BCUT2D eigenvalue weighted by molar-refractivity contribution is 0.141. The van der Waals surface area contributed by atoms with E-state index in [2.05, 4.69) is 41.4 Å². The number of rotatable bonds is 4. The van der Waals surface area contributed by atoms with E-state index < -0.39 is 0 Å². The molecule has 0 aromatic heterocycles. The number of hydrogen-bond donors (Lipinski definition) is 2. The molecule has 2 rings (SSSR count). The molecule has 1 heterocycles. The molecule has 1 aliphatic rings. The van der Waals surface area contributed by atoms with Gasteiger partial charge in [-0.2, -0.15) is 0 Å². The van der Waals surface area contributed by atoms with Gasteiger partial charge in [0.25, 0.3) is 0 Å². The minimum Gasteiger partial charge on any atom is -0.396 e. The van der Waals surface area contributed by atoms with Crippen LogP contribution in [0.15, 0.2) is 24.3 Å². The van der Waals surface area contributed by atoms with Crippen molar-refractivity contribution in [2.45, 2.75) is 19.4 Å². The number of piperazine rings is 1. The van der Waals surface area contributed by atoms with E-state index in [1.54, 1.807) is 0 Å². The summed E-state index contributed by atoms with van der Waals surface area (Å²) in [6.45, 7) is 6.59. The van der Waals surface area contributed by atoms with E-state index >= 15 is 0 Å². The van der Waals surface area contributed by atoms with Gasteiger partial charge >= 0.3 is 0 Å². The van der Waals surface area contributed by atoms with Gasteiger partial charge in [-0.05, 0) is 18.9 Å². The summed E-state index contributed by atoms with van der Waals surface area (Å²) >= 11 is 0. The number of aliphatic hydroxyl groups excluding tert-OH is 1. The third kappa shape index (κ3) is 3.28. The summed E-state index contributed by atoms with van der Waals surface area (Å²) in [4.78, 5) is 2.47. The Morgan fingerprint density at radius 2 is 1.88 bits per heavy atom. The second-order valence-electron chi connectivity index (χ2n) is 4.72. The fraction of sp³-hybridized carbons (Fsp3) is 0.571. The topological polar surface area (TPSA) is 35.5 Å². The Morgan fingerprint density at radius 1 is 1.24 bits per heavy atom. The van der Waals surface area contributed by atoms with E-state index in [1.165, 1.54) is 11.1 Å². The first kappa shape index (κ1) is 12.6. The molecule has 0 amide bonds. The van der Waals surface area contributed by atoms with Gasteiger partial charge in [0.1, 0.15) is 0 Å². The number of nitrogens with zero attached hydrogens (tertiary/aromatic N) is 1. The first-order valence-corrected chi connectivity index (χ1v) is 6.43. The quantitative estimate of drug-likeness (QED) is 0.825. The number of benzene rings is 1. The Bertz CT molecular complexity index is 331. The van der Waals surface area contributed by atoms with Crippen molar-refractivity contribution in [3.8, 4) is 0 Å². The van der Waals surface area contributed by atoms with E-state index in [-0.39, 0.29) is 6.61 Å². The van der Waals surface area contributed by atoms with Crippen LogP contribution in [-0.4, -0.2) is 42.8 Å². The molecule has 3 nitrogen and oxygen atoms in total. The molecule has 3 heteroatoms. The van der Waals surface area contributed by atoms with Gasteiger partial charge < -0.3 is 10.4 Å². The molecular weight excluding hydrogens is 212 g/mol. The molecule has 1 fully saturated rings. The van der Waals surface area contributed by atoms with E-state index in [4.69, 9.17) is 0 Å². The second kappa shape index (κ2) is 6.15. The average Bonchev–Trinajstić information content (AvgIpc) is 2.38. The van der Waals surface area contributed by atoms with Crippen LogP contribution in [0.25, 0.3) is 0 Å². The number of aliphatic hydroxyl groups is 1. The summed E-state index contributed by atoms with van der Waals surface area (Å²) in [6.07, 6.45) is 0.822. The summed E-state index contributed by atoms with van der Waals surface area (Å²) in [5.41, 5.74) is 2.61. The van der Waals surface area contributed by atoms with Crippen molar-refractivity contribution in [1.82, 2.24) is 10.2 Å². The minimum absolute atomic E-state index is 0.252. The molecule has 0 radical (unpaired) electrons. The molecule has 17 heavy (non-hydrogen) atoms. The molecule has 1 aromatic rings. The van der Waals surface area contributed by atoms with Crippen LogP contribution < -0.4 is 5.32 Å². The molecule has 94 valence electrons. The van der Waals surface area contributed by atoms with Gasteiger partial charge in [0.05, 0.1) is 0 Å². The Labute approximate surface area is 103 Å². The van der Waals surface area contributed by atoms with E-state index in [1.807, 2.05) is 0 Å². The van der Waals surface area contributed by atoms with Crippen LogP contribution in [0.3, 0.4) is 0 Å². The Kier molecular flexibility index (Phi) is 4.54. The molecule has 1 aromatic carbocycles. The highest BCUT2D eigenvalue weighted by atomic mass is 16.3. The maximum atomic E-state index is 9.24. The molecule has 1 unspecified atom stereocenters. The van der Waals surface area contributed by atoms with Crippen LogP contribution in [0.5, 0.6) is 0 Å². The monoisotopic (exact) mass is 234 g/mol. The van der Waals surface area contributed by atoms with E-state index in [9.17, 15) is 5.11 Å². The summed E-state index contributed by atoms with van der Waals surface area (Å²) in [7, 11) is 0. The summed E-state index contributed by atoms with van der Waals surface area (Å²) in [5.74, 6) is 0. The van der Waals surface area contributed by atoms with Gasteiger partial charge in [-0.25, -0.2) is 0 Å². The zero-order valence-electron chi connectivity index (χ0n) is 10.5. The lowest BCUT2D eigenvalue weighted by Crippen LogP contribution is -2.45. The number of aryl methyl sites for hydroxylation is 1. The molecule has 2 N–H and O–H groups in total. The maximum Gasteiger partial charge on any atom is 0.0449 e. The normalized spacial score (nSPS) is 19.2. The fourth-order valence-electron chi connectivity index (χ4n) is 2.46. The Hall–Kier alpha value is -0.900. The van der Waals surface area contributed by atoms with Crippen molar-refractivity contribution in [2.75, 3.05) is 32.8 Å².